The summed E-state index contributed by atoms with van der Waals surface area (Å²) >= 11 is 6.48. The second-order valence-electron chi connectivity index (χ2n) is 10.4. The Morgan fingerprint density at radius 1 is 1.12 bits per heavy atom. The number of anilines is 3. The van der Waals surface area contributed by atoms with Gasteiger partial charge in [-0.15, -0.1) is 0 Å². The lowest BCUT2D eigenvalue weighted by atomic mass is 10.1. The number of nitrogens with zero attached hydrogens (tertiary/aromatic N) is 6. The Hall–Kier alpha value is -2.96. The molecule has 0 saturated carbocycles. The van der Waals surface area contributed by atoms with Crippen LogP contribution in [0.25, 0.3) is 0 Å². The van der Waals surface area contributed by atoms with E-state index in [9.17, 15) is 27.2 Å². The first kappa shape index (κ1) is 30.0. The zero-order valence-corrected chi connectivity index (χ0v) is 23.7. The van der Waals surface area contributed by atoms with E-state index in [-0.39, 0.29) is 35.1 Å². The Morgan fingerprint density at radius 2 is 1.80 bits per heavy atom. The third-order valence-electron chi connectivity index (χ3n) is 7.44. The Labute approximate surface area is 236 Å². The van der Waals surface area contributed by atoms with Crippen molar-refractivity contribution in [3.8, 4) is 0 Å². The van der Waals surface area contributed by atoms with Crippen molar-refractivity contribution in [2.75, 3.05) is 75.1 Å². The zero-order chi connectivity index (χ0) is 29.4. The molecular weight excluding hydrogens is 552 g/mol. The lowest BCUT2D eigenvalue weighted by molar-refractivity contribution is -0.137. The molecule has 1 atom stereocenters. The minimum absolute atomic E-state index is 0.0388. The molecule has 3 heterocycles. The van der Waals surface area contributed by atoms with Crippen LogP contribution in [0.1, 0.15) is 24.1 Å². The van der Waals surface area contributed by atoms with E-state index in [1.54, 1.807) is 7.05 Å². The van der Waals surface area contributed by atoms with E-state index in [0.29, 0.717) is 12.2 Å². The lowest BCUT2D eigenvalue weighted by Gasteiger charge is -2.35. The highest BCUT2D eigenvalue weighted by Crippen LogP contribution is 2.39. The number of halogens is 5. The Bertz CT molecular complexity index is 1270. The average Bonchev–Trinajstić information content (AvgIpc) is 3.27. The summed E-state index contributed by atoms with van der Waals surface area (Å²) in [5.41, 5.74) is -0.263. The number of piperazine rings is 1. The van der Waals surface area contributed by atoms with Crippen molar-refractivity contribution < 1.29 is 27.2 Å². The fourth-order valence-electron chi connectivity index (χ4n) is 5.15. The lowest BCUT2D eigenvalue weighted by Crippen LogP contribution is -2.47. The van der Waals surface area contributed by atoms with Gasteiger partial charge in [0.15, 0.2) is 0 Å². The molecule has 0 unspecified atom stereocenters. The number of pyridine rings is 1. The average molecular weight is 585 g/mol. The first-order valence-electron chi connectivity index (χ1n) is 13.0. The molecule has 2 fully saturated rings. The highest BCUT2D eigenvalue weighted by Gasteiger charge is 2.41. The fourth-order valence-corrected chi connectivity index (χ4v) is 5.49. The van der Waals surface area contributed by atoms with Gasteiger partial charge in [-0.2, -0.15) is 13.2 Å². The van der Waals surface area contributed by atoms with Gasteiger partial charge in [-0.3, -0.25) is 19.4 Å². The van der Waals surface area contributed by atoms with E-state index >= 15 is 0 Å². The number of rotatable bonds is 7. The molecule has 2 aromatic rings. The maximum Gasteiger partial charge on any atom is 0.416 e. The van der Waals surface area contributed by atoms with E-state index in [1.165, 1.54) is 31.0 Å². The number of aryl methyl sites for hydroxylation is 1. The molecule has 2 saturated heterocycles. The van der Waals surface area contributed by atoms with Crippen molar-refractivity contribution >= 4 is 40.6 Å². The molecule has 0 bridgehead atoms. The van der Waals surface area contributed by atoms with Crippen LogP contribution in [0.5, 0.6) is 0 Å². The summed E-state index contributed by atoms with van der Waals surface area (Å²) < 4.78 is 55.0. The van der Waals surface area contributed by atoms with Crippen LogP contribution in [0.3, 0.4) is 0 Å². The number of likely N-dealkylation sites (N-methyl/N-ethyl adjacent to an activating group) is 3. The maximum absolute atomic E-state index is 14.6. The topological polar surface area (TPSA) is 63.2 Å². The highest BCUT2D eigenvalue weighted by molar-refractivity contribution is 6.34. The molecule has 0 N–H and O–H groups in total. The van der Waals surface area contributed by atoms with Crippen molar-refractivity contribution in [1.29, 1.82) is 0 Å². The summed E-state index contributed by atoms with van der Waals surface area (Å²) in [6.07, 6.45) is -4.61. The normalized spacial score (nSPS) is 18.9. The Morgan fingerprint density at radius 3 is 2.45 bits per heavy atom. The predicted octanol–water partition coefficient (Wildman–Crippen LogP) is 4.04. The van der Waals surface area contributed by atoms with Crippen LogP contribution in [0.15, 0.2) is 24.3 Å². The summed E-state index contributed by atoms with van der Waals surface area (Å²) in [4.78, 5) is 39.3. The number of hydrogen-bond acceptors (Lipinski definition) is 6. The molecule has 218 valence electrons. The summed E-state index contributed by atoms with van der Waals surface area (Å²) in [5.74, 6) is -1.99. The second kappa shape index (κ2) is 11.9. The molecule has 1 aromatic heterocycles. The van der Waals surface area contributed by atoms with Crippen LogP contribution >= 0.6 is 11.6 Å². The number of benzene rings is 1. The summed E-state index contributed by atoms with van der Waals surface area (Å²) in [7, 11) is 5.32. The molecule has 2 aliphatic heterocycles. The summed E-state index contributed by atoms with van der Waals surface area (Å²) in [6.45, 7) is 6.44. The number of alkyl halides is 3. The van der Waals surface area contributed by atoms with Crippen LogP contribution in [0.4, 0.5) is 34.8 Å². The molecular formula is C27H33ClF4N6O2. The second-order valence-corrected chi connectivity index (χ2v) is 10.8. The van der Waals surface area contributed by atoms with E-state index in [4.69, 9.17) is 11.6 Å². The number of amides is 2. The molecule has 0 spiro atoms. The first-order valence-corrected chi connectivity index (χ1v) is 13.4. The SMILES string of the molecule is Cc1cc(C(F)(F)F)cc(N2C(=O)CC[C@H]2C(=O)N(C)c2cc(F)cc(Cl)c2N(C)CCN2CCN(C)CC2)n1. The molecule has 0 aliphatic carbocycles. The molecule has 0 radical (unpaired) electrons. The third kappa shape index (κ3) is 6.50. The van der Waals surface area contributed by atoms with Gasteiger partial charge in [0, 0.05) is 65.5 Å². The molecule has 2 aliphatic rings. The smallest absolute Gasteiger partial charge is 0.370 e. The van der Waals surface area contributed by atoms with Gasteiger partial charge >= 0.3 is 6.18 Å². The third-order valence-corrected chi connectivity index (χ3v) is 7.73. The van der Waals surface area contributed by atoms with Crippen molar-refractivity contribution in [2.45, 2.75) is 32.0 Å². The van der Waals surface area contributed by atoms with E-state index in [1.807, 2.05) is 4.90 Å². The minimum atomic E-state index is -4.65. The van der Waals surface area contributed by atoms with Gasteiger partial charge < -0.3 is 14.7 Å². The highest BCUT2D eigenvalue weighted by atomic mass is 35.5. The first-order chi connectivity index (χ1) is 18.8. The van der Waals surface area contributed by atoms with E-state index in [2.05, 4.69) is 21.8 Å². The standard InChI is InChI=1S/C27H33ClF4N6O2/c1-17-13-18(27(30,31)32)14-23(33-17)38-21(5-6-24(38)39)26(40)36(4)22-16-19(29)15-20(28)25(22)35(3)9-12-37-10-7-34(2)8-11-37/h13-16,21H,5-12H2,1-4H3/t21-/m0/s1. The van der Waals surface area contributed by atoms with Gasteiger partial charge in [0.1, 0.15) is 17.7 Å². The Balaban J connectivity index is 1.60. The molecule has 13 heteroatoms. The van der Waals surface area contributed by atoms with Gasteiger partial charge in [0.05, 0.1) is 22.0 Å². The largest absolute Gasteiger partial charge is 0.416 e. The Kier molecular flexibility index (Phi) is 8.91. The van der Waals surface area contributed by atoms with Gasteiger partial charge in [-0.1, -0.05) is 11.6 Å². The predicted molar refractivity (Wildman–Crippen MR) is 147 cm³/mol. The number of carbonyl (C=O) groups is 2. The molecule has 1 aromatic carbocycles. The van der Waals surface area contributed by atoms with Gasteiger partial charge in [-0.25, -0.2) is 9.37 Å². The van der Waals surface area contributed by atoms with Gasteiger partial charge in [0.25, 0.3) is 0 Å². The molecule has 40 heavy (non-hydrogen) atoms. The van der Waals surface area contributed by atoms with Crippen LogP contribution in [0, 0.1) is 12.7 Å². The summed E-state index contributed by atoms with van der Waals surface area (Å²) in [6, 6.07) is 2.91. The molecule has 8 nitrogen and oxygen atoms in total. The van der Waals surface area contributed by atoms with Gasteiger partial charge in [0.2, 0.25) is 11.8 Å². The summed E-state index contributed by atoms with van der Waals surface area (Å²) in [5, 5.41) is 0.116. The molecule has 4 rings (SSSR count). The molecule has 2 amide bonds. The van der Waals surface area contributed by atoms with Gasteiger partial charge in [-0.05, 0) is 44.7 Å². The monoisotopic (exact) mass is 584 g/mol. The van der Waals surface area contributed by atoms with Crippen molar-refractivity contribution in [3.63, 3.8) is 0 Å². The van der Waals surface area contributed by atoms with Crippen LogP contribution in [-0.4, -0.2) is 93.1 Å². The van der Waals surface area contributed by atoms with Crippen LogP contribution in [-0.2, 0) is 15.8 Å². The van der Waals surface area contributed by atoms with Crippen molar-refractivity contribution in [1.82, 2.24) is 14.8 Å². The number of aromatic nitrogens is 1. The maximum atomic E-state index is 14.6. The number of carbonyl (C=O) groups excluding carboxylic acids is 2. The van der Waals surface area contributed by atoms with E-state index in [0.717, 1.165) is 49.8 Å². The van der Waals surface area contributed by atoms with Crippen LogP contribution in [0.2, 0.25) is 5.02 Å². The van der Waals surface area contributed by atoms with Crippen molar-refractivity contribution in [3.05, 3.63) is 46.4 Å². The quantitative estimate of drug-likeness (QED) is 0.458. The number of hydrogen-bond donors (Lipinski definition) is 0. The fraction of sp³-hybridized carbons (Fsp3) is 0.519. The zero-order valence-electron chi connectivity index (χ0n) is 22.9. The van der Waals surface area contributed by atoms with E-state index < -0.39 is 35.4 Å². The van der Waals surface area contributed by atoms with Crippen molar-refractivity contribution in [2.24, 2.45) is 0 Å². The minimum Gasteiger partial charge on any atom is -0.370 e. The van der Waals surface area contributed by atoms with Crippen LogP contribution < -0.4 is 14.7 Å².